The lowest BCUT2D eigenvalue weighted by Gasteiger charge is -2.15. The van der Waals surface area contributed by atoms with Crippen molar-refractivity contribution in [2.75, 3.05) is 18.4 Å². The van der Waals surface area contributed by atoms with Crippen molar-refractivity contribution in [3.8, 4) is 6.07 Å². The van der Waals surface area contributed by atoms with Crippen LogP contribution < -0.4 is 5.32 Å². The smallest absolute Gasteiger partial charge is 0.110 e. The normalized spacial score (nSPS) is 15.0. The van der Waals surface area contributed by atoms with E-state index in [1.165, 1.54) is 36.4 Å². The van der Waals surface area contributed by atoms with Gasteiger partial charge in [0.2, 0.25) is 0 Å². The fraction of sp³-hybridized carbons (Fsp3) is 0.353. The molecule has 0 atom stereocenters. The maximum absolute atomic E-state index is 8.84. The maximum Gasteiger partial charge on any atom is 0.110 e. The number of likely N-dealkylation sites (tertiary alicyclic amines) is 1. The van der Waals surface area contributed by atoms with Crippen LogP contribution in [0.25, 0.3) is 0 Å². The molecule has 108 valence electrons. The highest BCUT2D eigenvalue weighted by molar-refractivity contribution is 7.12. The Bertz CT molecular complexity index is 635. The molecule has 2 aromatic rings. The van der Waals surface area contributed by atoms with Crippen LogP contribution in [-0.4, -0.2) is 18.0 Å². The third kappa shape index (κ3) is 3.84. The number of anilines is 1. The molecule has 0 radical (unpaired) electrons. The highest BCUT2D eigenvalue weighted by Gasteiger charge is 2.11. The van der Waals surface area contributed by atoms with Gasteiger partial charge in [0.25, 0.3) is 0 Å². The van der Waals surface area contributed by atoms with E-state index >= 15 is 0 Å². The minimum atomic E-state index is 0.773. The van der Waals surface area contributed by atoms with Crippen LogP contribution in [-0.2, 0) is 13.1 Å². The summed E-state index contributed by atoms with van der Waals surface area (Å²) in [6, 6.07) is 14.7. The molecule has 1 aromatic carbocycles. The first-order valence-corrected chi connectivity index (χ1v) is 8.19. The van der Waals surface area contributed by atoms with E-state index in [-0.39, 0.29) is 0 Å². The van der Waals surface area contributed by atoms with Gasteiger partial charge in [0.1, 0.15) is 10.9 Å². The second-order valence-electron chi connectivity index (χ2n) is 5.41. The monoisotopic (exact) mass is 297 g/mol. The first-order valence-electron chi connectivity index (χ1n) is 7.37. The summed E-state index contributed by atoms with van der Waals surface area (Å²) in [5.74, 6) is 0. The molecule has 21 heavy (non-hydrogen) atoms. The largest absolute Gasteiger partial charge is 0.380 e. The quantitative estimate of drug-likeness (QED) is 0.911. The zero-order valence-corrected chi connectivity index (χ0v) is 12.8. The Morgan fingerprint density at radius 1 is 1.19 bits per heavy atom. The molecule has 0 aliphatic carbocycles. The molecule has 0 spiro atoms. The van der Waals surface area contributed by atoms with E-state index in [0.717, 1.165) is 23.7 Å². The predicted molar refractivity (Wildman–Crippen MR) is 87.3 cm³/mol. The molecule has 0 saturated carbocycles. The third-order valence-corrected chi connectivity index (χ3v) is 4.76. The first-order chi connectivity index (χ1) is 10.3. The van der Waals surface area contributed by atoms with Crippen LogP contribution in [0.5, 0.6) is 0 Å². The zero-order valence-electron chi connectivity index (χ0n) is 12.0. The van der Waals surface area contributed by atoms with Gasteiger partial charge in [-0.2, -0.15) is 5.26 Å². The summed E-state index contributed by atoms with van der Waals surface area (Å²) in [4.78, 5) is 4.48. The third-order valence-electron chi connectivity index (χ3n) is 3.77. The Labute approximate surface area is 129 Å². The van der Waals surface area contributed by atoms with E-state index in [9.17, 15) is 0 Å². The van der Waals surface area contributed by atoms with Crippen molar-refractivity contribution < 1.29 is 0 Å². The van der Waals surface area contributed by atoms with Crippen LogP contribution >= 0.6 is 11.3 Å². The molecule has 0 amide bonds. The van der Waals surface area contributed by atoms with Gasteiger partial charge in [-0.05, 0) is 55.8 Å². The number of benzene rings is 1. The van der Waals surface area contributed by atoms with Crippen molar-refractivity contribution in [3.05, 3.63) is 51.7 Å². The minimum Gasteiger partial charge on any atom is -0.380 e. The van der Waals surface area contributed by atoms with Crippen molar-refractivity contribution in [1.29, 1.82) is 5.26 Å². The molecule has 1 aliphatic heterocycles. The molecule has 1 aromatic heterocycles. The lowest BCUT2D eigenvalue weighted by molar-refractivity contribution is 0.331. The fourth-order valence-electron chi connectivity index (χ4n) is 2.70. The second kappa shape index (κ2) is 6.75. The van der Waals surface area contributed by atoms with Gasteiger partial charge in [-0.25, -0.2) is 0 Å². The SMILES string of the molecule is N#Cc1ccc(CNc2cccc(CN3CCCC3)c2)s1. The lowest BCUT2D eigenvalue weighted by atomic mass is 10.2. The van der Waals surface area contributed by atoms with Gasteiger partial charge < -0.3 is 5.32 Å². The number of thiophene rings is 1. The molecule has 1 N–H and O–H groups in total. The highest BCUT2D eigenvalue weighted by atomic mass is 32.1. The number of nitrogens with zero attached hydrogens (tertiary/aromatic N) is 2. The van der Waals surface area contributed by atoms with Crippen molar-refractivity contribution >= 4 is 17.0 Å². The Balaban J connectivity index is 1.58. The number of rotatable bonds is 5. The summed E-state index contributed by atoms with van der Waals surface area (Å²) < 4.78 is 0. The van der Waals surface area contributed by atoms with Crippen LogP contribution in [0.4, 0.5) is 5.69 Å². The summed E-state index contributed by atoms with van der Waals surface area (Å²) in [6.07, 6.45) is 2.66. The second-order valence-corrected chi connectivity index (χ2v) is 6.58. The molecule has 3 nitrogen and oxygen atoms in total. The summed E-state index contributed by atoms with van der Waals surface area (Å²) in [5, 5.41) is 12.3. The maximum atomic E-state index is 8.84. The molecular weight excluding hydrogens is 278 g/mol. The number of hydrogen-bond donors (Lipinski definition) is 1. The van der Waals surface area contributed by atoms with E-state index in [1.807, 2.05) is 12.1 Å². The van der Waals surface area contributed by atoms with Gasteiger partial charge in [0, 0.05) is 23.7 Å². The molecule has 0 unspecified atom stereocenters. The summed E-state index contributed by atoms with van der Waals surface area (Å²) in [5.41, 5.74) is 2.52. The molecule has 2 heterocycles. The lowest BCUT2D eigenvalue weighted by Crippen LogP contribution is -2.18. The number of nitriles is 1. The molecule has 0 bridgehead atoms. The topological polar surface area (TPSA) is 39.1 Å². The van der Waals surface area contributed by atoms with Crippen molar-refractivity contribution in [2.45, 2.75) is 25.9 Å². The molecule has 3 rings (SSSR count). The number of hydrogen-bond acceptors (Lipinski definition) is 4. The molecule has 4 heteroatoms. The Kier molecular flexibility index (Phi) is 4.54. The minimum absolute atomic E-state index is 0.773. The van der Waals surface area contributed by atoms with Crippen molar-refractivity contribution in [3.63, 3.8) is 0 Å². The van der Waals surface area contributed by atoms with Gasteiger partial charge in [-0.3, -0.25) is 4.90 Å². The molecular formula is C17H19N3S. The molecule has 1 saturated heterocycles. The van der Waals surface area contributed by atoms with E-state index in [0.29, 0.717) is 0 Å². The van der Waals surface area contributed by atoms with Crippen LogP contribution in [0.15, 0.2) is 36.4 Å². The molecule has 1 aliphatic rings. The Hall–Kier alpha value is -1.83. The van der Waals surface area contributed by atoms with Crippen molar-refractivity contribution in [2.24, 2.45) is 0 Å². The van der Waals surface area contributed by atoms with Crippen LogP contribution in [0.1, 0.15) is 28.2 Å². The van der Waals surface area contributed by atoms with E-state index < -0.39 is 0 Å². The average Bonchev–Trinajstić information content (AvgIpc) is 3.17. The average molecular weight is 297 g/mol. The highest BCUT2D eigenvalue weighted by Crippen LogP contribution is 2.19. The summed E-state index contributed by atoms with van der Waals surface area (Å²) >= 11 is 1.55. The fourth-order valence-corrected chi connectivity index (χ4v) is 3.45. The van der Waals surface area contributed by atoms with Gasteiger partial charge in [-0.15, -0.1) is 11.3 Å². The van der Waals surface area contributed by atoms with Gasteiger partial charge in [-0.1, -0.05) is 12.1 Å². The summed E-state index contributed by atoms with van der Waals surface area (Å²) in [6.45, 7) is 4.28. The number of nitrogens with one attached hydrogen (secondary N) is 1. The van der Waals surface area contributed by atoms with Gasteiger partial charge >= 0.3 is 0 Å². The first kappa shape index (κ1) is 14.1. The van der Waals surface area contributed by atoms with E-state index in [1.54, 1.807) is 11.3 Å². The molecule has 1 fully saturated rings. The Morgan fingerprint density at radius 2 is 2.05 bits per heavy atom. The Morgan fingerprint density at radius 3 is 2.81 bits per heavy atom. The predicted octanol–water partition coefficient (Wildman–Crippen LogP) is 3.83. The van der Waals surface area contributed by atoms with Crippen LogP contribution in [0.2, 0.25) is 0 Å². The van der Waals surface area contributed by atoms with Gasteiger partial charge in [0.15, 0.2) is 0 Å². The standard InChI is InChI=1S/C17H19N3S/c18-11-16-6-7-17(21-16)12-19-15-5-3-4-14(10-15)13-20-8-1-2-9-20/h3-7,10,19H,1-2,8-9,12-13H2. The summed E-state index contributed by atoms with van der Waals surface area (Å²) in [7, 11) is 0. The van der Waals surface area contributed by atoms with Crippen LogP contribution in [0.3, 0.4) is 0 Å². The van der Waals surface area contributed by atoms with E-state index in [4.69, 9.17) is 5.26 Å². The zero-order chi connectivity index (χ0) is 14.5. The van der Waals surface area contributed by atoms with E-state index in [2.05, 4.69) is 40.6 Å². The van der Waals surface area contributed by atoms with Crippen LogP contribution in [0, 0.1) is 11.3 Å². The van der Waals surface area contributed by atoms with Gasteiger partial charge in [0.05, 0.1) is 0 Å². The van der Waals surface area contributed by atoms with Crippen molar-refractivity contribution in [1.82, 2.24) is 4.90 Å².